The van der Waals surface area contributed by atoms with E-state index in [0.29, 0.717) is 12.2 Å². The Morgan fingerprint density at radius 1 is 1.15 bits per heavy atom. The van der Waals surface area contributed by atoms with Crippen LogP contribution in [0.5, 0.6) is 5.75 Å². The van der Waals surface area contributed by atoms with Gasteiger partial charge < -0.3 is 4.74 Å². The van der Waals surface area contributed by atoms with E-state index < -0.39 is 0 Å². The summed E-state index contributed by atoms with van der Waals surface area (Å²) in [7, 11) is 0. The van der Waals surface area contributed by atoms with Crippen LogP contribution in [0.25, 0.3) is 0 Å². The molecule has 3 heteroatoms. The van der Waals surface area contributed by atoms with Gasteiger partial charge in [-0.1, -0.05) is 6.07 Å². The van der Waals surface area contributed by atoms with Gasteiger partial charge in [-0.2, -0.15) is 5.26 Å². The predicted molar refractivity (Wildman–Crippen MR) is 78.5 cm³/mol. The third-order valence-electron chi connectivity index (χ3n) is 4.07. The molecule has 0 saturated heterocycles. The van der Waals surface area contributed by atoms with E-state index in [-0.39, 0.29) is 0 Å². The molecule has 1 aromatic carbocycles. The van der Waals surface area contributed by atoms with Crippen LogP contribution in [0.2, 0.25) is 0 Å². The van der Waals surface area contributed by atoms with Gasteiger partial charge in [0.25, 0.3) is 0 Å². The SMILES string of the molecule is N#Cc1cccc(OCCN(CC2CC2)CC2CC2)c1. The molecule has 3 rings (SSSR count). The number of benzene rings is 1. The molecule has 2 aliphatic rings. The zero-order chi connectivity index (χ0) is 13.8. The zero-order valence-electron chi connectivity index (χ0n) is 11.9. The molecule has 2 fully saturated rings. The van der Waals surface area contributed by atoms with Crippen LogP contribution in [-0.2, 0) is 0 Å². The van der Waals surface area contributed by atoms with Crippen molar-refractivity contribution in [1.29, 1.82) is 5.26 Å². The van der Waals surface area contributed by atoms with Crippen molar-refractivity contribution < 1.29 is 4.74 Å². The van der Waals surface area contributed by atoms with Crippen molar-refractivity contribution in [2.45, 2.75) is 25.7 Å². The first kappa shape index (κ1) is 13.5. The Labute approximate surface area is 121 Å². The Hall–Kier alpha value is -1.53. The highest BCUT2D eigenvalue weighted by Gasteiger charge is 2.28. The van der Waals surface area contributed by atoms with E-state index in [4.69, 9.17) is 10.00 Å². The summed E-state index contributed by atoms with van der Waals surface area (Å²) in [6, 6.07) is 9.56. The van der Waals surface area contributed by atoms with Gasteiger partial charge in [0, 0.05) is 19.6 Å². The Morgan fingerprint density at radius 3 is 2.45 bits per heavy atom. The maximum atomic E-state index is 8.87. The number of nitrogens with zero attached hydrogens (tertiary/aromatic N) is 2. The first-order valence-electron chi connectivity index (χ1n) is 7.69. The highest BCUT2D eigenvalue weighted by Crippen LogP contribution is 2.33. The molecule has 106 valence electrons. The average molecular weight is 270 g/mol. The third kappa shape index (κ3) is 4.25. The molecule has 0 atom stereocenters. The lowest BCUT2D eigenvalue weighted by atomic mass is 10.2. The van der Waals surface area contributed by atoms with Crippen molar-refractivity contribution in [2.75, 3.05) is 26.2 Å². The molecule has 3 nitrogen and oxygen atoms in total. The summed E-state index contributed by atoms with van der Waals surface area (Å²) in [6.07, 6.45) is 5.64. The smallest absolute Gasteiger partial charge is 0.120 e. The first-order chi connectivity index (χ1) is 9.83. The van der Waals surface area contributed by atoms with Gasteiger partial charge in [-0.25, -0.2) is 0 Å². The Morgan fingerprint density at radius 2 is 1.85 bits per heavy atom. The summed E-state index contributed by atoms with van der Waals surface area (Å²) in [4.78, 5) is 2.57. The van der Waals surface area contributed by atoms with Crippen molar-refractivity contribution in [2.24, 2.45) is 11.8 Å². The van der Waals surface area contributed by atoms with E-state index in [1.807, 2.05) is 18.2 Å². The molecular weight excluding hydrogens is 248 g/mol. The normalized spacial score (nSPS) is 18.0. The molecular formula is C17H22N2O. The summed E-state index contributed by atoms with van der Waals surface area (Å²) in [5, 5.41) is 8.87. The van der Waals surface area contributed by atoms with Crippen molar-refractivity contribution >= 4 is 0 Å². The van der Waals surface area contributed by atoms with Crippen LogP contribution in [0.1, 0.15) is 31.2 Å². The Balaban J connectivity index is 1.44. The Kier molecular flexibility index (Phi) is 4.22. The van der Waals surface area contributed by atoms with Gasteiger partial charge in [0.2, 0.25) is 0 Å². The fourth-order valence-corrected chi connectivity index (χ4v) is 2.54. The van der Waals surface area contributed by atoms with Crippen molar-refractivity contribution in [3.05, 3.63) is 29.8 Å². The minimum atomic E-state index is 0.662. The fourth-order valence-electron chi connectivity index (χ4n) is 2.54. The molecule has 0 heterocycles. The number of hydrogen-bond donors (Lipinski definition) is 0. The van der Waals surface area contributed by atoms with Crippen LogP contribution < -0.4 is 4.74 Å². The van der Waals surface area contributed by atoms with Crippen LogP contribution in [0.4, 0.5) is 0 Å². The Bertz CT molecular complexity index is 472. The van der Waals surface area contributed by atoms with Crippen LogP contribution in [0.15, 0.2) is 24.3 Å². The maximum absolute atomic E-state index is 8.87. The monoisotopic (exact) mass is 270 g/mol. The van der Waals surface area contributed by atoms with E-state index in [9.17, 15) is 0 Å². The zero-order valence-corrected chi connectivity index (χ0v) is 11.9. The van der Waals surface area contributed by atoms with E-state index in [1.165, 1.54) is 38.8 Å². The van der Waals surface area contributed by atoms with Crippen LogP contribution >= 0.6 is 0 Å². The molecule has 0 radical (unpaired) electrons. The summed E-state index contributed by atoms with van der Waals surface area (Å²) >= 11 is 0. The lowest BCUT2D eigenvalue weighted by molar-refractivity contribution is 0.197. The maximum Gasteiger partial charge on any atom is 0.120 e. The largest absolute Gasteiger partial charge is 0.492 e. The number of nitriles is 1. The van der Waals surface area contributed by atoms with Gasteiger partial charge in [-0.15, -0.1) is 0 Å². The second-order valence-corrected chi connectivity index (χ2v) is 6.13. The first-order valence-corrected chi connectivity index (χ1v) is 7.69. The van der Waals surface area contributed by atoms with Crippen LogP contribution in [0.3, 0.4) is 0 Å². The fraction of sp³-hybridized carbons (Fsp3) is 0.588. The lowest BCUT2D eigenvalue weighted by Gasteiger charge is -2.22. The predicted octanol–water partition coefficient (Wildman–Crippen LogP) is 3.06. The van der Waals surface area contributed by atoms with Crippen LogP contribution in [-0.4, -0.2) is 31.1 Å². The van der Waals surface area contributed by atoms with E-state index in [2.05, 4.69) is 11.0 Å². The molecule has 2 saturated carbocycles. The highest BCUT2D eigenvalue weighted by atomic mass is 16.5. The van der Waals surface area contributed by atoms with Crippen molar-refractivity contribution in [1.82, 2.24) is 4.90 Å². The second-order valence-electron chi connectivity index (χ2n) is 6.13. The van der Waals surface area contributed by atoms with Gasteiger partial charge in [0.15, 0.2) is 0 Å². The molecule has 20 heavy (non-hydrogen) atoms. The van der Waals surface area contributed by atoms with Gasteiger partial charge in [0.1, 0.15) is 12.4 Å². The minimum absolute atomic E-state index is 0.662. The van der Waals surface area contributed by atoms with Gasteiger partial charge in [-0.3, -0.25) is 4.90 Å². The van der Waals surface area contributed by atoms with Gasteiger partial charge in [0.05, 0.1) is 11.6 Å². The van der Waals surface area contributed by atoms with E-state index in [1.54, 1.807) is 6.07 Å². The topological polar surface area (TPSA) is 36.3 Å². The third-order valence-corrected chi connectivity index (χ3v) is 4.07. The average Bonchev–Trinajstić information content (AvgIpc) is 3.35. The molecule has 0 unspecified atom stereocenters. The summed E-state index contributed by atoms with van der Waals surface area (Å²) < 4.78 is 5.79. The molecule has 0 N–H and O–H groups in total. The number of rotatable bonds is 8. The van der Waals surface area contributed by atoms with Crippen molar-refractivity contribution in [3.8, 4) is 11.8 Å². The summed E-state index contributed by atoms with van der Waals surface area (Å²) in [5.74, 6) is 2.69. The molecule has 2 aliphatic carbocycles. The molecule has 0 spiro atoms. The minimum Gasteiger partial charge on any atom is -0.492 e. The summed E-state index contributed by atoms with van der Waals surface area (Å²) in [6.45, 7) is 4.22. The quantitative estimate of drug-likeness (QED) is 0.728. The molecule has 0 bridgehead atoms. The van der Waals surface area contributed by atoms with E-state index >= 15 is 0 Å². The van der Waals surface area contributed by atoms with Gasteiger partial charge >= 0.3 is 0 Å². The molecule has 0 aliphatic heterocycles. The molecule has 0 amide bonds. The van der Waals surface area contributed by atoms with E-state index in [0.717, 1.165) is 24.1 Å². The molecule has 0 aromatic heterocycles. The van der Waals surface area contributed by atoms with Crippen LogP contribution in [0, 0.1) is 23.2 Å². The molecule has 1 aromatic rings. The lowest BCUT2D eigenvalue weighted by Crippen LogP contribution is -2.32. The van der Waals surface area contributed by atoms with Crippen molar-refractivity contribution in [3.63, 3.8) is 0 Å². The standard InChI is InChI=1S/C17H22N2O/c18-11-16-2-1-3-17(10-16)20-9-8-19(12-14-4-5-14)13-15-6-7-15/h1-3,10,14-15H,4-9,12-13H2. The second kappa shape index (κ2) is 6.28. The highest BCUT2D eigenvalue weighted by molar-refractivity contribution is 5.36. The number of hydrogen-bond acceptors (Lipinski definition) is 3. The van der Waals surface area contributed by atoms with Gasteiger partial charge in [-0.05, 0) is 55.7 Å². The summed E-state index contributed by atoms with van der Waals surface area (Å²) in [5.41, 5.74) is 0.662. The number of ether oxygens (including phenoxy) is 1.